The summed E-state index contributed by atoms with van der Waals surface area (Å²) in [4.78, 5) is 0. The maximum absolute atomic E-state index is 13.7. The van der Waals surface area contributed by atoms with E-state index in [1.807, 2.05) is 20.0 Å². The van der Waals surface area contributed by atoms with Crippen LogP contribution in [0.2, 0.25) is 0 Å². The Morgan fingerprint density at radius 1 is 1.47 bits per heavy atom. The van der Waals surface area contributed by atoms with Gasteiger partial charge in [0, 0.05) is 6.04 Å². The van der Waals surface area contributed by atoms with Crippen molar-refractivity contribution in [2.45, 2.75) is 19.4 Å². The SMILES string of the molecule is CNC(C)c1ccc(OCCCSC)c(F)c1. The molecule has 2 nitrogen and oxygen atoms in total. The van der Waals surface area contributed by atoms with Gasteiger partial charge in [-0.2, -0.15) is 11.8 Å². The predicted octanol–water partition coefficient (Wildman–Crippen LogP) is 3.24. The second-order valence-electron chi connectivity index (χ2n) is 3.90. The van der Waals surface area contributed by atoms with E-state index in [4.69, 9.17) is 4.74 Å². The van der Waals surface area contributed by atoms with E-state index in [2.05, 4.69) is 11.6 Å². The van der Waals surface area contributed by atoms with E-state index in [0.717, 1.165) is 17.7 Å². The molecular formula is C13H20FNOS. The molecular weight excluding hydrogens is 237 g/mol. The molecule has 0 spiro atoms. The molecule has 0 aromatic heterocycles. The zero-order valence-corrected chi connectivity index (χ0v) is 11.4. The highest BCUT2D eigenvalue weighted by Crippen LogP contribution is 2.22. The highest BCUT2D eigenvalue weighted by molar-refractivity contribution is 7.98. The lowest BCUT2D eigenvalue weighted by Gasteiger charge is -2.12. The molecule has 0 saturated carbocycles. The number of hydrogen-bond donors (Lipinski definition) is 1. The molecule has 0 amide bonds. The van der Waals surface area contributed by atoms with Gasteiger partial charge in [0.05, 0.1) is 6.61 Å². The lowest BCUT2D eigenvalue weighted by Crippen LogP contribution is -2.12. The molecule has 0 radical (unpaired) electrons. The average molecular weight is 257 g/mol. The van der Waals surface area contributed by atoms with Crippen LogP contribution in [-0.4, -0.2) is 25.7 Å². The van der Waals surface area contributed by atoms with E-state index in [1.54, 1.807) is 17.8 Å². The maximum atomic E-state index is 13.7. The fourth-order valence-electron chi connectivity index (χ4n) is 1.46. The van der Waals surface area contributed by atoms with Crippen LogP contribution in [0.1, 0.15) is 24.9 Å². The Morgan fingerprint density at radius 2 is 2.24 bits per heavy atom. The van der Waals surface area contributed by atoms with Gasteiger partial charge in [0.15, 0.2) is 11.6 Å². The third kappa shape index (κ3) is 4.56. The number of benzene rings is 1. The topological polar surface area (TPSA) is 21.3 Å². The predicted molar refractivity (Wildman–Crippen MR) is 72.4 cm³/mol. The summed E-state index contributed by atoms with van der Waals surface area (Å²) in [6.45, 7) is 2.56. The first-order chi connectivity index (χ1) is 8.19. The highest BCUT2D eigenvalue weighted by Gasteiger charge is 2.08. The molecule has 1 aromatic rings. The van der Waals surface area contributed by atoms with Crippen LogP contribution in [0.3, 0.4) is 0 Å². The molecule has 1 rings (SSSR count). The number of halogens is 1. The van der Waals surface area contributed by atoms with Gasteiger partial charge in [0.25, 0.3) is 0 Å². The maximum Gasteiger partial charge on any atom is 0.165 e. The second-order valence-corrected chi connectivity index (χ2v) is 4.88. The number of nitrogens with one attached hydrogen (secondary N) is 1. The Hall–Kier alpha value is -0.740. The van der Waals surface area contributed by atoms with E-state index in [1.165, 1.54) is 6.07 Å². The number of hydrogen-bond acceptors (Lipinski definition) is 3. The summed E-state index contributed by atoms with van der Waals surface area (Å²) >= 11 is 1.77. The lowest BCUT2D eigenvalue weighted by atomic mass is 10.1. The summed E-state index contributed by atoms with van der Waals surface area (Å²) in [6, 6.07) is 5.28. The van der Waals surface area contributed by atoms with Crippen LogP contribution in [-0.2, 0) is 0 Å². The summed E-state index contributed by atoms with van der Waals surface area (Å²) in [5.74, 6) is 1.10. The minimum Gasteiger partial charge on any atom is -0.490 e. The Labute approximate surface area is 107 Å². The molecule has 1 N–H and O–H groups in total. The molecule has 0 heterocycles. The molecule has 1 unspecified atom stereocenters. The van der Waals surface area contributed by atoms with Gasteiger partial charge >= 0.3 is 0 Å². The van der Waals surface area contributed by atoms with E-state index in [-0.39, 0.29) is 11.9 Å². The van der Waals surface area contributed by atoms with Gasteiger partial charge < -0.3 is 10.1 Å². The third-order valence-corrected chi connectivity index (χ3v) is 3.34. The number of ether oxygens (including phenoxy) is 1. The van der Waals surface area contributed by atoms with Gasteiger partial charge in [-0.25, -0.2) is 4.39 Å². The van der Waals surface area contributed by atoms with Gasteiger partial charge in [-0.05, 0) is 50.1 Å². The molecule has 0 saturated heterocycles. The van der Waals surface area contributed by atoms with Gasteiger partial charge in [-0.15, -0.1) is 0 Å². The van der Waals surface area contributed by atoms with Gasteiger partial charge in [-0.3, -0.25) is 0 Å². The van der Waals surface area contributed by atoms with Crippen LogP contribution in [0.15, 0.2) is 18.2 Å². The van der Waals surface area contributed by atoms with Crippen molar-refractivity contribution in [2.75, 3.05) is 25.7 Å². The Bertz CT molecular complexity index is 346. The Balaban J connectivity index is 2.57. The zero-order valence-electron chi connectivity index (χ0n) is 10.6. The van der Waals surface area contributed by atoms with Crippen molar-refractivity contribution < 1.29 is 9.13 Å². The van der Waals surface area contributed by atoms with Crippen molar-refractivity contribution in [2.24, 2.45) is 0 Å². The number of thioether (sulfide) groups is 1. The molecule has 0 aliphatic rings. The van der Waals surface area contributed by atoms with E-state index >= 15 is 0 Å². The monoisotopic (exact) mass is 257 g/mol. The first-order valence-corrected chi connectivity index (χ1v) is 7.17. The van der Waals surface area contributed by atoms with Gasteiger partial charge in [-0.1, -0.05) is 6.07 Å². The molecule has 1 aromatic carbocycles. The van der Waals surface area contributed by atoms with Crippen LogP contribution < -0.4 is 10.1 Å². The summed E-state index contributed by atoms with van der Waals surface area (Å²) in [6.07, 6.45) is 2.99. The van der Waals surface area contributed by atoms with Crippen molar-refractivity contribution in [3.63, 3.8) is 0 Å². The van der Waals surface area contributed by atoms with Gasteiger partial charge in [0.2, 0.25) is 0 Å². The molecule has 0 bridgehead atoms. The van der Waals surface area contributed by atoms with Crippen molar-refractivity contribution in [3.05, 3.63) is 29.6 Å². The minimum atomic E-state index is -0.284. The fourth-order valence-corrected chi connectivity index (χ4v) is 1.86. The van der Waals surface area contributed by atoms with Crippen LogP contribution >= 0.6 is 11.8 Å². The van der Waals surface area contributed by atoms with Crippen LogP contribution in [0.25, 0.3) is 0 Å². The fraction of sp³-hybridized carbons (Fsp3) is 0.538. The lowest BCUT2D eigenvalue weighted by molar-refractivity contribution is 0.302. The summed E-state index contributed by atoms with van der Waals surface area (Å²) < 4.78 is 19.1. The minimum absolute atomic E-state index is 0.148. The largest absolute Gasteiger partial charge is 0.490 e. The standard InChI is InChI=1S/C13H20FNOS/c1-10(15-2)11-5-6-13(12(14)9-11)16-7-4-8-17-3/h5-6,9-10,15H,4,7-8H2,1-3H3. The molecule has 96 valence electrons. The third-order valence-electron chi connectivity index (χ3n) is 2.64. The normalized spacial score (nSPS) is 12.5. The number of rotatable bonds is 7. The van der Waals surface area contributed by atoms with Crippen LogP contribution in [0.4, 0.5) is 4.39 Å². The first-order valence-electron chi connectivity index (χ1n) is 5.77. The van der Waals surface area contributed by atoms with Crippen molar-refractivity contribution >= 4 is 11.8 Å². The zero-order chi connectivity index (χ0) is 12.7. The van der Waals surface area contributed by atoms with Crippen molar-refractivity contribution in [1.82, 2.24) is 5.32 Å². The van der Waals surface area contributed by atoms with E-state index in [9.17, 15) is 4.39 Å². The first kappa shape index (κ1) is 14.3. The van der Waals surface area contributed by atoms with Crippen molar-refractivity contribution in [1.29, 1.82) is 0 Å². The van der Waals surface area contributed by atoms with Gasteiger partial charge in [0.1, 0.15) is 0 Å². The Kier molecular flexibility index (Phi) is 6.37. The smallest absolute Gasteiger partial charge is 0.165 e. The van der Waals surface area contributed by atoms with E-state index < -0.39 is 0 Å². The summed E-state index contributed by atoms with van der Waals surface area (Å²) in [5.41, 5.74) is 0.932. The highest BCUT2D eigenvalue weighted by atomic mass is 32.2. The van der Waals surface area contributed by atoms with E-state index in [0.29, 0.717) is 12.4 Å². The Morgan fingerprint density at radius 3 is 2.82 bits per heavy atom. The van der Waals surface area contributed by atoms with Crippen molar-refractivity contribution in [3.8, 4) is 5.75 Å². The second kappa shape index (κ2) is 7.56. The molecule has 1 atom stereocenters. The summed E-state index contributed by atoms with van der Waals surface area (Å²) in [7, 11) is 1.86. The van der Waals surface area contributed by atoms with Crippen LogP contribution in [0.5, 0.6) is 5.75 Å². The molecule has 0 aliphatic heterocycles. The van der Waals surface area contributed by atoms with Crippen LogP contribution in [0, 0.1) is 5.82 Å². The molecule has 17 heavy (non-hydrogen) atoms. The molecule has 4 heteroatoms. The summed E-state index contributed by atoms with van der Waals surface area (Å²) in [5, 5.41) is 3.08. The molecule has 0 fully saturated rings. The average Bonchev–Trinajstić information content (AvgIpc) is 2.35. The molecule has 0 aliphatic carbocycles. The quantitative estimate of drug-likeness (QED) is 0.758.